The molecular weight excluding hydrogens is 223 g/mol. The standard InChI is InChI=1S/C12H27O3P/c1-3-5-6-7-8-9-10-11-15-16(13,14)12-4-2/h3-12H2,1-2H3,(H,13,14). The summed E-state index contributed by atoms with van der Waals surface area (Å²) >= 11 is 0. The van der Waals surface area contributed by atoms with Crippen molar-refractivity contribution in [2.45, 2.75) is 65.2 Å². The van der Waals surface area contributed by atoms with E-state index in [4.69, 9.17) is 4.52 Å². The maximum Gasteiger partial charge on any atom is 0.328 e. The van der Waals surface area contributed by atoms with Crippen molar-refractivity contribution in [1.82, 2.24) is 0 Å². The first-order valence-electron chi connectivity index (χ1n) is 6.58. The van der Waals surface area contributed by atoms with Gasteiger partial charge >= 0.3 is 7.60 Å². The highest BCUT2D eigenvalue weighted by Gasteiger charge is 2.16. The molecule has 16 heavy (non-hydrogen) atoms. The Morgan fingerprint density at radius 1 is 0.938 bits per heavy atom. The Hall–Kier alpha value is 0.150. The lowest BCUT2D eigenvalue weighted by Gasteiger charge is -2.10. The predicted octanol–water partition coefficient (Wildman–Crippen LogP) is 4.35. The molecule has 0 aliphatic rings. The highest BCUT2D eigenvalue weighted by molar-refractivity contribution is 7.52. The lowest BCUT2D eigenvalue weighted by atomic mass is 10.1. The average molecular weight is 250 g/mol. The van der Waals surface area contributed by atoms with E-state index in [1.807, 2.05) is 6.92 Å². The lowest BCUT2D eigenvalue weighted by molar-refractivity contribution is 0.252. The normalized spacial score (nSPS) is 14.9. The van der Waals surface area contributed by atoms with Crippen LogP contribution >= 0.6 is 7.60 Å². The molecule has 0 saturated heterocycles. The molecule has 4 heteroatoms. The van der Waals surface area contributed by atoms with Crippen molar-refractivity contribution < 1.29 is 14.0 Å². The Bertz CT molecular complexity index is 195. The van der Waals surface area contributed by atoms with Gasteiger partial charge in [0.05, 0.1) is 6.61 Å². The summed E-state index contributed by atoms with van der Waals surface area (Å²) in [4.78, 5) is 9.32. The molecule has 1 N–H and O–H groups in total. The second-order valence-corrected chi connectivity index (χ2v) is 6.30. The van der Waals surface area contributed by atoms with E-state index in [-0.39, 0.29) is 6.16 Å². The van der Waals surface area contributed by atoms with Crippen LogP contribution < -0.4 is 0 Å². The summed E-state index contributed by atoms with van der Waals surface area (Å²) in [5, 5.41) is 0. The minimum atomic E-state index is -3.26. The van der Waals surface area contributed by atoms with Crippen molar-refractivity contribution in [2.75, 3.05) is 12.8 Å². The van der Waals surface area contributed by atoms with Crippen LogP contribution in [0.15, 0.2) is 0 Å². The van der Waals surface area contributed by atoms with Gasteiger partial charge in [0.25, 0.3) is 0 Å². The van der Waals surface area contributed by atoms with Gasteiger partial charge in [-0.3, -0.25) is 4.57 Å². The zero-order valence-corrected chi connectivity index (χ0v) is 11.7. The summed E-state index contributed by atoms with van der Waals surface area (Å²) in [6, 6.07) is 0. The number of unbranched alkanes of at least 4 members (excludes halogenated alkanes) is 6. The molecule has 0 aliphatic heterocycles. The highest BCUT2D eigenvalue weighted by Crippen LogP contribution is 2.42. The van der Waals surface area contributed by atoms with E-state index in [1.165, 1.54) is 32.1 Å². The van der Waals surface area contributed by atoms with Gasteiger partial charge in [0.2, 0.25) is 0 Å². The highest BCUT2D eigenvalue weighted by atomic mass is 31.2. The molecule has 0 spiro atoms. The van der Waals surface area contributed by atoms with Gasteiger partial charge in [-0.25, -0.2) is 0 Å². The minimum absolute atomic E-state index is 0.281. The molecule has 3 nitrogen and oxygen atoms in total. The molecule has 0 aromatic carbocycles. The average Bonchev–Trinajstić information content (AvgIpc) is 2.22. The van der Waals surface area contributed by atoms with Crippen LogP contribution in [0, 0.1) is 0 Å². The summed E-state index contributed by atoms with van der Waals surface area (Å²) in [7, 11) is -3.26. The second-order valence-electron chi connectivity index (χ2n) is 4.32. The predicted molar refractivity (Wildman–Crippen MR) is 68.9 cm³/mol. The van der Waals surface area contributed by atoms with E-state index in [1.54, 1.807) is 0 Å². The Balaban J connectivity index is 3.23. The summed E-state index contributed by atoms with van der Waals surface area (Å²) in [5.74, 6) is 0. The Kier molecular flexibility index (Phi) is 10.4. The van der Waals surface area contributed by atoms with Gasteiger partial charge in [0.15, 0.2) is 0 Å². The van der Waals surface area contributed by atoms with Crippen molar-refractivity contribution in [3.8, 4) is 0 Å². The van der Waals surface area contributed by atoms with Gasteiger partial charge in [0, 0.05) is 6.16 Å². The molecule has 0 radical (unpaired) electrons. The molecule has 0 aliphatic carbocycles. The second kappa shape index (κ2) is 10.3. The number of hydrogen-bond donors (Lipinski definition) is 1. The monoisotopic (exact) mass is 250 g/mol. The number of hydrogen-bond acceptors (Lipinski definition) is 2. The molecule has 0 fully saturated rings. The molecule has 0 aromatic rings. The maximum atomic E-state index is 11.3. The van der Waals surface area contributed by atoms with Gasteiger partial charge in [-0.1, -0.05) is 52.4 Å². The molecule has 0 rings (SSSR count). The van der Waals surface area contributed by atoms with Crippen molar-refractivity contribution in [1.29, 1.82) is 0 Å². The third-order valence-electron chi connectivity index (χ3n) is 2.55. The van der Waals surface area contributed by atoms with Crippen molar-refractivity contribution in [3.63, 3.8) is 0 Å². The largest absolute Gasteiger partial charge is 0.328 e. The molecule has 98 valence electrons. The van der Waals surface area contributed by atoms with Crippen LogP contribution in [0.2, 0.25) is 0 Å². The molecule has 1 atom stereocenters. The fourth-order valence-electron chi connectivity index (χ4n) is 1.61. The van der Waals surface area contributed by atoms with E-state index >= 15 is 0 Å². The molecule has 0 saturated carbocycles. The summed E-state index contributed by atoms with van der Waals surface area (Å²) in [5.41, 5.74) is 0. The number of rotatable bonds is 11. The van der Waals surface area contributed by atoms with E-state index in [0.717, 1.165) is 12.8 Å². The Morgan fingerprint density at radius 2 is 1.50 bits per heavy atom. The van der Waals surface area contributed by atoms with Crippen LogP contribution in [0.1, 0.15) is 65.2 Å². The fourth-order valence-corrected chi connectivity index (χ4v) is 2.72. The Labute approximate surface area is 100 Å². The van der Waals surface area contributed by atoms with Gasteiger partial charge in [-0.15, -0.1) is 0 Å². The molecule has 0 heterocycles. The van der Waals surface area contributed by atoms with E-state index in [9.17, 15) is 9.46 Å². The van der Waals surface area contributed by atoms with E-state index in [2.05, 4.69) is 6.92 Å². The summed E-state index contributed by atoms with van der Waals surface area (Å²) in [6.45, 7) is 4.53. The SMILES string of the molecule is CCCCCCCCCOP(=O)(O)CCC. The lowest BCUT2D eigenvalue weighted by Crippen LogP contribution is -1.96. The zero-order valence-electron chi connectivity index (χ0n) is 10.8. The van der Waals surface area contributed by atoms with Crippen LogP contribution in [0.25, 0.3) is 0 Å². The van der Waals surface area contributed by atoms with Crippen molar-refractivity contribution >= 4 is 7.60 Å². The fraction of sp³-hybridized carbons (Fsp3) is 1.00. The summed E-state index contributed by atoms with van der Waals surface area (Å²) < 4.78 is 16.3. The molecule has 1 unspecified atom stereocenters. The topological polar surface area (TPSA) is 46.5 Å². The first-order chi connectivity index (χ1) is 7.62. The first kappa shape index (κ1) is 16.1. The van der Waals surface area contributed by atoms with Crippen LogP contribution in [0.3, 0.4) is 0 Å². The third kappa shape index (κ3) is 10.7. The van der Waals surface area contributed by atoms with E-state index in [0.29, 0.717) is 13.0 Å². The van der Waals surface area contributed by atoms with Crippen LogP contribution in [-0.2, 0) is 9.09 Å². The first-order valence-corrected chi connectivity index (χ1v) is 8.35. The Morgan fingerprint density at radius 3 is 2.06 bits per heavy atom. The maximum absolute atomic E-state index is 11.3. The smallest absolute Gasteiger partial charge is 0.324 e. The van der Waals surface area contributed by atoms with Crippen molar-refractivity contribution in [3.05, 3.63) is 0 Å². The van der Waals surface area contributed by atoms with Gasteiger partial charge < -0.3 is 9.42 Å². The van der Waals surface area contributed by atoms with Crippen LogP contribution in [-0.4, -0.2) is 17.7 Å². The van der Waals surface area contributed by atoms with Crippen molar-refractivity contribution in [2.24, 2.45) is 0 Å². The molecular formula is C12H27O3P. The van der Waals surface area contributed by atoms with Gasteiger partial charge in [-0.2, -0.15) is 0 Å². The minimum Gasteiger partial charge on any atom is -0.324 e. The summed E-state index contributed by atoms with van der Waals surface area (Å²) in [6.07, 6.45) is 9.38. The quantitative estimate of drug-likeness (QED) is 0.438. The molecule has 0 bridgehead atoms. The molecule has 0 amide bonds. The van der Waals surface area contributed by atoms with Gasteiger partial charge in [0.1, 0.15) is 0 Å². The third-order valence-corrected chi connectivity index (χ3v) is 4.15. The van der Waals surface area contributed by atoms with Gasteiger partial charge in [-0.05, 0) is 12.8 Å². The van der Waals surface area contributed by atoms with E-state index < -0.39 is 7.60 Å². The molecule has 0 aromatic heterocycles. The van der Waals surface area contributed by atoms with Crippen LogP contribution in [0.5, 0.6) is 0 Å². The zero-order chi connectivity index (χ0) is 12.3. The van der Waals surface area contributed by atoms with Crippen LogP contribution in [0.4, 0.5) is 0 Å².